The number of amides is 1. The average molecular weight is 402 g/mol. The van der Waals surface area contributed by atoms with Gasteiger partial charge in [-0.3, -0.25) is 15.1 Å². The topological polar surface area (TPSA) is 99.9 Å². The van der Waals surface area contributed by atoms with Crippen molar-refractivity contribution in [1.82, 2.24) is 0 Å². The smallest absolute Gasteiger partial charge is 0.341 e. The molecule has 2 N–H and O–H groups in total. The Morgan fingerprint density at radius 2 is 2.00 bits per heavy atom. The molecule has 0 aliphatic carbocycles. The number of amidine groups is 1. The maximum absolute atomic E-state index is 13.1. The number of para-hydroxylation sites is 1. The van der Waals surface area contributed by atoms with Gasteiger partial charge in [-0.15, -0.1) is 0 Å². The second-order valence-corrected chi connectivity index (χ2v) is 6.62. The number of aliphatic carboxylic acids is 1. The maximum atomic E-state index is 13.1. The Morgan fingerprint density at radius 1 is 1.29 bits per heavy atom. The van der Waals surface area contributed by atoms with E-state index < -0.39 is 24.3 Å². The van der Waals surface area contributed by atoms with E-state index in [1.165, 1.54) is 37.5 Å². The van der Waals surface area contributed by atoms with Crippen LogP contribution in [0.4, 0.5) is 10.1 Å². The zero-order valence-corrected chi connectivity index (χ0v) is 15.5. The van der Waals surface area contributed by atoms with Crippen molar-refractivity contribution in [3.63, 3.8) is 0 Å². The van der Waals surface area contributed by atoms with Crippen LogP contribution in [0.2, 0.25) is 0 Å². The number of ether oxygens (including phenoxy) is 2. The Hall–Kier alpha value is -3.33. The molecule has 7 nitrogen and oxygen atoms in total. The van der Waals surface area contributed by atoms with Gasteiger partial charge in [0.2, 0.25) is 0 Å². The van der Waals surface area contributed by atoms with Crippen LogP contribution in [-0.2, 0) is 9.59 Å². The van der Waals surface area contributed by atoms with Crippen LogP contribution in [0, 0.1) is 11.2 Å². The van der Waals surface area contributed by atoms with Gasteiger partial charge in [0.1, 0.15) is 5.82 Å². The standard InChI is InChI=1S/C19H15FN2O5S/c1-26-14-4-2-3-11(17(14)27-10-16(23)24)9-15-18(25)22(19(21)28-15)13-7-5-12(20)6-8-13/h2-9,21H,10H2,1H3,(H,23,24)/b15-9-,21-19?. The summed E-state index contributed by atoms with van der Waals surface area (Å²) in [6.07, 6.45) is 1.50. The van der Waals surface area contributed by atoms with Crippen molar-refractivity contribution in [1.29, 1.82) is 5.41 Å². The number of hydrogen-bond acceptors (Lipinski definition) is 6. The zero-order chi connectivity index (χ0) is 20.3. The predicted octanol–water partition coefficient (Wildman–Crippen LogP) is 3.35. The number of carbonyl (C=O) groups is 2. The van der Waals surface area contributed by atoms with E-state index in [-0.39, 0.29) is 15.8 Å². The first-order valence-electron chi connectivity index (χ1n) is 8.00. The van der Waals surface area contributed by atoms with Crippen LogP contribution >= 0.6 is 11.8 Å². The summed E-state index contributed by atoms with van der Waals surface area (Å²) in [5.41, 5.74) is 0.811. The van der Waals surface area contributed by atoms with E-state index in [2.05, 4.69) is 0 Å². The first-order chi connectivity index (χ1) is 13.4. The lowest BCUT2D eigenvalue weighted by Gasteiger charge is -2.14. The van der Waals surface area contributed by atoms with E-state index in [1.54, 1.807) is 18.2 Å². The molecule has 3 rings (SSSR count). The van der Waals surface area contributed by atoms with Gasteiger partial charge >= 0.3 is 5.97 Å². The second-order valence-electron chi connectivity index (χ2n) is 5.59. The highest BCUT2D eigenvalue weighted by Gasteiger charge is 2.33. The number of carbonyl (C=O) groups excluding carboxylic acids is 1. The molecule has 1 aliphatic rings. The number of thioether (sulfide) groups is 1. The summed E-state index contributed by atoms with van der Waals surface area (Å²) in [4.78, 5) is 25.0. The first kappa shape index (κ1) is 19.4. The molecule has 2 aromatic rings. The van der Waals surface area contributed by atoms with E-state index in [9.17, 15) is 14.0 Å². The van der Waals surface area contributed by atoms with Gasteiger partial charge in [-0.05, 0) is 48.2 Å². The largest absolute Gasteiger partial charge is 0.493 e. The van der Waals surface area contributed by atoms with Crippen LogP contribution in [0.3, 0.4) is 0 Å². The number of hydrogen-bond donors (Lipinski definition) is 2. The number of halogens is 1. The molecule has 0 aromatic heterocycles. The molecule has 1 aliphatic heterocycles. The molecule has 0 atom stereocenters. The fourth-order valence-electron chi connectivity index (χ4n) is 2.55. The molecular formula is C19H15FN2O5S. The maximum Gasteiger partial charge on any atom is 0.341 e. The summed E-state index contributed by atoms with van der Waals surface area (Å²) in [7, 11) is 1.42. The molecule has 0 saturated carbocycles. The molecular weight excluding hydrogens is 387 g/mol. The minimum Gasteiger partial charge on any atom is -0.493 e. The normalized spacial score (nSPS) is 15.2. The highest BCUT2D eigenvalue weighted by Crippen LogP contribution is 2.38. The van der Waals surface area contributed by atoms with Crippen molar-refractivity contribution in [3.8, 4) is 11.5 Å². The molecule has 2 aromatic carbocycles. The van der Waals surface area contributed by atoms with Crippen molar-refractivity contribution >= 4 is 40.6 Å². The van der Waals surface area contributed by atoms with Gasteiger partial charge in [-0.2, -0.15) is 0 Å². The van der Waals surface area contributed by atoms with Crippen LogP contribution in [0.5, 0.6) is 11.5 Å². The number of methoxy groups -OCH3 is 1. The number of nitrogens with zero attached hydrogens (tertiary/aromatic N) is 1. The number of nitrogens with one attached hydrogen (secondary N) is 1. The van der Waals surface area contributed by atoms with Crippen molar-refractivity contribution in [2.45, 2.75) is 0 Å². The molecule has 9 heteroatoms. The van der Waals surface area contributed by atoms with Crippen LogP contribution < -0.4 is 14.4 Å². The van der Waals surface area contributed by atoms with Gasteiger partial charge in [-0.1, -0.05) is 12.1 Å². The Morgan fingerprint density at radius 3 is 2.64 bits per heavy atom. The minimum absolute atomic E-state index is 0.0289. The third kappa shape index (κ3) is 3.99. The lowest BCUT2D eigenvalue weighted by atomic mass is 10.1. The van der Waals surface area contributed by atoms with Crippen molar-refractivity contribution in [2.75, 3.05) is 18.6 Å². The molecule has 1 fully saturated rings. The summed E-state index contributed by atoms with van der Waals surface area (Å²) in [5, 5.41) is 16.9. The van der Waals surface area contributed by atoms with Crippen LogP contribution in [0.15, 0.2) is 47.4 Å². The van der Waals surface area contributed by atoms with Crippen LogP contribution in [-0.4, -0.2) is 35.9 Å². The summed E-state index contributed by atoms with van der Waals surface area (Å²) in [6.45, 7) is -0.574. The molecule has 0 bridgehead atoms. The molecule has 0 radical (unpaired) electrons. The Bertz CT molecular complexity index is 975. The molecule has 0 unspecified atom stereocenters. The van der Waals surface area contributed by atoms with Crippen molar-refractivity contribution < 1.29 is 28.6 Å². The second kappa shape index (κ2) is 8.13. The molecule has 1 saturated heterocycles. The predicted molar refractivity (Wildman–Crippen MR) is 103 cm³/mol. The molecule has 1 heterocycles. The van der Waals surface area contributed by atoms with Gasteiger partial charge in [0.15, 0.2) is 23.3 Å². The fourth-order valence-corrected chi connectivity index (χ4v) is 3.40. The SMILES string of the molecule is COc1cccc(/C=C2\SC(=N)N(c3ccc(F)cc3)C2=O)c1OCC(=O)O. The van der Waals surface area contributed by atoms with E-state index in [0.29, 0.717) is 17.0 Å². The number of benzene rings is 2. The van der Waals surface area contributed by atoms with Gasteiger partial charge in [0.05, 0.1) is 17.7 Å². The van der Waals surface area contributed by atoms with E-state index in [0.717, 1.165) is 16.7 Å². The zero-order valence-electron chi connectivity index (χ0n) is 14.6. The quantitative estimate of drug-likeness (QED) is 0.719. The number of rotatable bonds is 6. The van der Waals surface area contributed by atoms with Gasteiger partial charge in [0, 0.05) is 5.56 Å². The summed E-state index contributed by atoms with van der Waals surface area (Å²) < 4.78 is 23.7. The highest BCUT2D eigenvalue weighted by atomic mass is 32.2. The van der Waals surface area contributed by atoms with E-state index in [4.69, 9.17) is 20.0 Å². The molecule has 144 valence electrons. The minimum atomic E-state index is -1.15. The van der Waals surface area contributed by atoms with Crippen LogP contribution in [0.25, 0.3) is 6.08 Å². The van der Waals surface area contributed by atoms with Crippen molar-refractivity contribution in [2.24, 2.45) is 0 Å². The lowest BCUT2D eigenvalue weighted by molar-refractivity contribution is -0.139. The monoisotopic (exact) mass is 402 g/mol. The Kier molecular flexibility index (Phi) is 5.65. The number of carboxylic acid groups (broad SMARTS) is 1. The third-order valence-electron chi connectivity index (χ3n) is 3.76. The molecule has 0 spiro atoms. The van der Waals surface area contributed by atoms with Gasteiger partial charge in [-0.25, -0.2) is 9.18 Å². The Balaban J connectivity index is 1.95. The van der Waals surface area contributed by atoms with Gasteiger partial charge < -0.3 is 14.6 Å². The number of carboxylic acids is 1. The average Bonchev–Trinajstić information content (AvgIpc) is 2.94. The summed E-state index contributed by atoms with van der Waals surface area (Å²) in [6, 6.07) is 10.2. The third-order valence-corrected chi connectivity index (χ3v) is 4.65. The van der Waals surface area contributed by atoms with E-state index in [1.807, 2.05) is 0 Å². The number of anilines is 1. The van der Waals surface area contributed by atoms with E-state index >= 15 is 0 Å². The Labute approximate surface area is 163 Å². The summed E-state index contributed by atoms with van der Waals surface area (Å²) in [5.74, 6) is -1.55. The van der Waals surface area contributed by atoms with Crippen molar-refractivity contribution in [3.05, 3.63) is 58.8 Å². The lowest BCUT2D eigenvalue weighted by Crippen LogP contribution is -2.28. The first-order valence-corrected chi connectivity index (χ1v) is 8.82. The highest BCUT2D eigenvalue weighted by molar-refractivity contribution is 8.19. The van der Waals surface area contributed by atoms with Crippen LogP contribution in [0.1, 0.15) is 5.56 Å². The molecule has 1 amide bonds. The summed E-state index contributed by atoms with van der Waals surface area (Å²) >= 11 is 0.937. The molecule has 28 heavy (non-hydrogen) atoms. The van der Waals surface area contributed by atoms with Gasteiger partial charge in [0.25, 0.3) is 5.91 Å². The fraction of sp³-hybridized carbons (Fsp3) is 0.105.